The van der Waals surface area contributed by atoms with Gasteiger partial charge in [0.15, 0.2) is 0 Å². The van der Waals surface area contributed by atoms with Gasteiger partial charge in [0.1, 0.15) is 16.6 Å². The predicted octanol–water partition coefficient (Wildman–Crippen LogP) is 2.78. The molecule has 0 saturated carbocycles. The molecule has 1 aromatic carbocycles. The molecule has 0 atom stereocenters. The summed E-state index contributed by atoms with van der Waals surface area (Å²) in [7, 11) is 1.65. The average Bonchev–Trinajstić information content (AvgIpc) is 2.41. The van der Waals surface area contributed by atoms with E-state index in [1.54, 1.807) is 13.2 Å². The zero-order chi connectivity index (χ0) is 13.8. The molecule has 98 valence electrons. The van der Waals surface area contributed by atoms with Crippen LogP contribution in [0.1, 0.15) is 11.3 Å². The van der Waals surface area contributed by atoms with Crippen LogP contribution in [-0.2, 0) is 0 Å². The van der Waals surface area contributed by atoms with Crippen LogP contribution in [0.3, 0.4) is 0 Å². The van der Waals surface area contributed by atoms with E-state index in [0.717, 1.165) is 17.0 Å². The first-order valence-corrected chi connectivity index (χ1v) is 6.19. The molecule has 0 aliphatic carbocycles. The summed E-state index contributed by atoms with van der Waals surface area (Å²) in [5, 5.41) is 3.24. The fraction of sp³-hybridized carbons (Fsp3) is 0.143. The van der Waals surface area contributed by atoms with Crippen molar-refractivity contribution in [3.8, 4) is 5.75 Å². The molecule has 3 N–H and O–H groups in total. The van der Waals surface area contributed by atoms with Gasteiger partial charge in [-0.15, -0.1) is 0 Å². The van der Waals surface area contributed by atoms with Gasteiger partial charge >= 0.3 is 0 Å². The number of pyridine rings is 1. The summed E-state index contributed by atoms with van der Waals surface area (Å²) in [6.45, 7) is 2.00. The first-order valence-electron chi connectivity index (χ1n) is 5.78. The Hall–Kier alpha value is -2.14. The van der Waals surface area contributed by atoms with Gasteiger partial charge in [0.05, 0.1) is 12.8 Å². The van der Waals surface area contributed by atoms with E-state index in [9.17, 15) is 0 Å². The normalized spacial score (nSPS) is 10.0. The van der Waals surface area contributed by atoms with Crippen LogP contribution in [0.2, 0.25) is 0 Å². The van der Waals surface area contributed by atoms with E-state index < -0.39 is 0 Å². The lowest BCUT2D eigenvalue weighted by molar-refractivity contribution is 0.414. The minimum atomic E-state index is 0.287. The van der Waals surface area contributed by atoms with Crippen molar-refractivity contribution < 1.29 is 4.74 Å². The van der Waals surface area contributed by atoms with Crippen LogP contribution in [0.15, 0.2) is 36.4 Å². The number of anilines is 2. The van der Waals surface area contributed by atoms with E-state index in [-0.39, 0.29) is 4.99 Å². The van der Waals surface area contributed by atoms with Crippen molar-refractivity contribution in [1.82, 2.24) is 4.98 Å². The topological polar surface area (TPSA) is 60.2 Å². The van der Waals surface area contributed by atoms with Gasteiger partial charge in [0.25, 0.3) is 0 Å². The third kappa shape index (κ3) is 3.20. The predicted molar refractivity (Wildman–Crippen MR) is 81.1 cm³/mol. The Bertz CT molecular complexity index is 613. The number of hydrogen-bond donors (Lipinski definition) is 2. The van der Waals surface area contributed by atoms with E-state index in [4.69, 9.17) is 22.7 Å². The SMILES string of the molecule is COc1ccc(Nc2cccc(C(N)=S)n2)c(C)c1. The molecule has 4 nitrogen and oxygen atoms in total. The van der Waals surface area contributed by atoms with Crippen molar-refractivity contribution in [1.29, 1.82) is 0 Å². The highest BCUT2D eigenvalue weighted by Crippen LogP contribution is 2.23. The molecule has 19 heavy (non-hydrogen) atoms. The highest BCUT2D eigenvalue weighted by Gasteiger charge is 2.03. The van der Waals surface area contributed by atoms with Gasteiger partial charge in [-0.1, -0.05) is 18.3 Å². The largest absolute Gasteiger partial charge is 0.497 e. The van der Waals surface area contributed by atoms with Gasteiger partial charge in [0.2, 0.25) is 0 Å². The van der Waals surface area contributed by atoms with E-state index >= 15 is 0 Å². The molecule has 0 unspecified atom stereocenters. The third-order valence-corrected chi connectivity index (χ3v) is 2.91. The molecule has 0 aliphatic rings. The second-order valence-electron chi connectivity index (χ2n) is 4.08. The molecular weight excluding hydrogens is 258 g/mol. The molecule has 2 aromatic rings. The van der Waals surface area contributed by atoms with Crippen LogP contribution in [0, 0.1) is 6.92 Å². The van der Waals surface area contributed by atoms with Crippen molar-refractivity contribution in [3.05, 3.63) is 47.7 Å². The summed E-state index contributed by atoms with van der Waals surface area (Å²) >= 11 is 4.92. The van der Waals surface area contributed by atoms with E-state index in [1.807, 2.05) is 37.3 Å². The molecule has 0 radical (unpaired) electrons. The van der Waals surface area contributed by atoms with Gasteiger partial charge in [-0.05, 0) is 42.8 Å². The van der Waals surface area contributed by atoms with E-state index in [2.05, 4.69) is 10.3 Å². The van der Waals surface area contributed by atoms with Gasteiger partial charge in [0, 0.05) is 5.69 Å². The summed E-state index contributed by atoms with van der Waals surface area (Å²) in [4.78, 5) is 4.63. The number of nitrogens with two attached hydrogens (primary N) is 1. The average molecular weight is 273 g/mol. The summed E-state index contributed by atoms with van der Waals surface area (Å²) < 4.78 is 5.17. The molecular formula is C14H15N3OS. The first-order chi connectivity index (χ1) is 9.10. The number of nitrogens with zero attached hydrogens (tertiary/aromatic N) is 1. The molecule has 0 fully saturated rings. The fourth-order valence-electron chi connectivity index (χ4n) is 1.68. The summed E-state index contributed by atoms with van der Waals surface area (Å²) in [6, 6.07) is 11.3. The fourth-order valence-corrected chi connectivity index (χ4v) is 1.80. The first kappa shape index (κ1) is 13.3. The third-order valence-electron chi connectivity index (χ3n) is 2.70. The minimum absolute atomic E-state index is 0.287. The monoisotopic (exact) mass is 273 g/mol. The molecule has 1 aromatic heterocycles. The van der Waals surface area contributed by atoms with Crippen LogP contribution in [-0.4, -0.2) is 17.1 Å². The lowest BCUT2D eigenvalue weighted by Crippen LogP contribution is -2.12. The molecule has 0 amide bonds. The number of methoxy groups -OCH3 is 1. The number of rotatable bonds is 4. The summed E-state index contributed by atoms with van der Waals surface area (Å²) in [5.74, 6) is 1.53. The quantitative estimate of drug-likeness (QED) is 0.839. The molecule has 1 heterocycles. The van der Waals surface area contributed by atoms with Gasteiger partial charge in [-0.3, -0.25) is 0 Å². The molecule has 0 saturated heterocycles. The number of aromatic nitrogens is 1. The Balaban J connectivity index is 2.26. The Morgan fingerprint density at radius 1 is 1.32 bits per heavy atom. The molecule has 0 spiro atoms. The van der Waals surface area contributed by atoms with Crippen LogP contribution in [0.5, 0.6) is 5.75 Å². The van der Waals surface area contributed by atoms with E-state index in [0.29, 0.717) is 11.5 Å². The Labute approximate surface area is 117 Å². The number of ether oxygens (including phenoxy) is 1. The number of thiocarbonyl (C=S) groups is 1. The van der Waals surface area contributed by atoms with Gasteiger partial charge < -0.3 is 15.8 Å². The highest BCUT2D eigenvalue weighted by atomic mass is 32.1. The van der Waals surface area contributed by atoms with Crippen molar-refractivity contribution in [3.63, 3.8) is 0 Å². The lowest BCUT2D eigenvalue weighted by atomic mass is 10.2. The second kappa shape index (κ2) is 5.67. The van der Waals surface area contributed by atoms with Crippen LogP contribution in [0.4, 0.5) is 11.5 Å². The molecule has 2 rings (SSSR count). The maximum absolute atomic E-state index is 5.57. The maximum Gasteiger partial charge on any atom is 0.131 e. The Morgan fingerprint density at radius 2 is 2.11 bits per heavy atom. The standard InChI is InChI=1S/C14H15N3OS/c1-9-8-10(18-2)6-7-11(9)16-13-5-3-4-12(17-13)14(15)19/h3-8H,1-2H3,(H2,15,19)(H,16,17). The zero-order valence-corrected chi connectivity index (χ0v) is 11.6. The molecule has 0 aliphatic heterocycles. The van der Waals surface area contributed by atoms with Crippen molar-refractivity contribution in [2.75, 3.05) is 12.4 Å². The second-order valence-corrected chi connectivity index (χ2v) is 4.52. The summed E-state index contributed by atoms with van der Waals surface area (Å²) in [6.07, 6.45) is 0. The van der Waals surface area contributed by atoms with E-state index in [1.165, 1.54) is 0 Å². The van der Waals surface area contributed by atoms with Crippen LogP contribution < -0.4 is 15.8 Å². The van der Waals surface area contributed by atoms with Gasteiger partial charge in [-0.25, -0.2) is 4.98 Å². The highest BCUT2D eigenvalue weighted by molar-refractivity contribution is 7.80. The number of benzene rings is 1. The van der Waals surface area contributed by atoms with Crippen molar-refractivity contribution in [2.24, 2.45) is 5.73 Å². The lowest BCUT2D eigenvalue weighted by Gasteiger charge is -2.11. The molecule has 5 heteroatoms. The van der Waals surface area contributed by atoms with Crippen molar-refractivity contribution >= 4 is 28.7 Å². The summed E-state index contributed by atoms with van der Waals surface area (Å²) in [5.41, 5.74) is 8.21. The molecule has 0 bridgehead atoms. The van der Waals surface area contributed by atoms with Crippen LogP contribution >= 0.6 is 12.2 Å². The smallest absolute Gasteiger partial charge is 0.131 e. The van der Waals surface area contributed by atoms with Crippen molar-refractivity contribution in [2.45, 2.75) is 6.92 Å². The number of nitrogens with one attached hydrogen (secondary N) is 1. The Morgan fingerprint density at radius 3 is 2.74 bits per heavy atom. The number of aryl methyl sites for hydroxylation is 1. The minimum Gasteiger partial charge on any atom is -0.497 e. The van der Waals surface area contributed by atoms with Crippen LogP contribution in [0.25, 0.3) is 0 Å². The zero-order valence-electron chi connectivity index (χ0n) is 10.8. The maximum atomic E-state index is 5.57. The Kier molecular flexibility index (Phi) is 3.97. The number of hydrogen-bond acceptors (Lipinski definition) is 4. The van der Waals surface area contributed by atoms with Gasteiger partial charge in [-0.2, -0.15) is 0 Å².